The van der Waals surface area contributed by atoms with E-state index >= 15 is 0 Å². The number of amides is 2. The second kappa shape index (κ2) is 5.82. The molecule has 2 N–H and O–H groups in total. The highest BCUT2D eigenvalue weighted by molar-refractivity contribution is 6.39. The number of benzene rings is 1. The van der Waals surface area contributed by atoms with Crippen molar-refractivity contribution in [2.24, 2.45) is 5.10 Å². The highest BCUT2D eigenvalue weighted by Gasteiger charge is 2.23. The Bertz CT molecular complexity index is 600. The van der Waals surface area contributed by atoms with Crippen molar-refractivity contribution in [1.82, 2.24) is 10.7 Å². The fraction of sp³-hybridized carbons (Fsp3) is 0.357. The van der Waals surface area contributed by atoms with Crippen LogP contribution in [0.2, 0.25) is 0 Å². The van der Waals surface area contributed by atoms with Crippen LogP contribution in [-0.4, -0.2) is 36.8 Å². The molecule has 0 saturated heterocycles. The number of ether oxygens (including phenoxy) is 2. The van der Waals surface area contributed by atoms with Gasteiger partial charge in [0, 0.05) is 12.8 Å². The molecule has 2 heterocycles. The van der Waals surface area contributed by atoms with E-state index in [9.17, 15) is 9.59 Å². The Labute approximate surface area is 121 Å². The average Bonchev–Trinajstić information content (AvgIpc) is 2.53. The number of para-hydroxylation sites is 2. The molecule has 0 saturated carbocycles. The highest BCUT2D eigenvalue weighted by atomic mass is 16.6. The first-order valence-electron chi connectivity index (χ1n) is 6.74. The molecule has 7 heteroatoms. The van der Waals surface area contributed by atoms with Crippen LogP contribution in [0.5, 0.6) is 11.5 Å². The number of carbonyl (C=O) groups is 2. The SMILES string of the molecule is O=C1CCC(C(=O)NCC2COc3ccccc3O2)=NN1. The summed E-state index contributed by atoms with van der Waals surface area (Å²) in [6, 6.07) is 7.40. The van der Waals surface area contributed by atoms with Gasteiger partial charge in [-0.1, -0.05) is 12.1 Å². The number of nitrogens with zero attached hydrogens (tertiary/aromatic N) is 1. The van der Waals surface area contributed by atoms with E-state index in [-0.39, 0.29) is 24.3 Å². The fourth-order valence-electron chi connectivity index (χ4n) is 2.11. The number of hydrogen-bond donors (Lipinski definition) is 2. The third-order valence-corrected chi connectivity index (χ3v) is 3.22. The van der Waals surface area contributed by atoms with Gasteiger partial charge in [-0.25, -0.2) is 5.43 Å². The standard InChI is InChI=1S/C14H15N3O4/c18-13-6-5-10(16-17-13)14(19)15-7-9-8-20-11-3-1-2-4-12(11)21-9/h1-4,9H,5-8H2,(H,15,19)(H,17,18). The lowest BCUT2D eigenvalue weighted by Crippen LogP contribution is -2.44. The molecule has 2 aliphatic rings. The van der Waals surface area contributed by atoms with Crippen molar-refractivity contribution in [2.45, 2.75) is 18.9 Å². The summed E-state index contributed by atoms with van der Waals surface area (Å²) in [7, 11) is 0. The predicted molar refractivity (Wildman–Crippen MR) is 74.2 cm³/mol. The minimum atomic E-state index is -0.294. The monoisotopic (exact) mass is 289 g/mol. The van der Waals surface area contributed by atoms with Crippen molar-refractivity contribution in [2.75, 3.05) is 13.2 Å². The maximum Gasteiger partial charge on any atom is 0.267 e. The van der Waals surface area contributed by atoms with E-state index in [0.717, 1.165) is 0 Å². The van der Waals surface area contributed by atoms with Gasteiger partial charge in [-0.3, -0.25) is 9.59 Å². The second-order valence-corrected chi connectivity index (χ2v) is 4.80. The maximum absolute atomic E-state index is 11.9. The van der Waals surface area contributed by atoms with Gasteiger partial charge in [0.05, 0.1) is 6.54 Å². The van der Waals surface area contributed by atoms with E-state index < -0.39 is 0 Å². The molecule has 0 aliphatic carbocycles. The molecule has 0 spiro atoms. The van der Waals surface area contributed by atoms with Crippen molar-refractivity contribution in [3.8, 4) is 11.5 Å². The van der Waals surface area contributed by atoms with Crippen molar-refractivity contribution < 1.29 is 19.1 Å². The molecule has 0 fully saturated rings. The number of fused-ring (bicyclic) bond motifs is 1. The Morgan fingerprint density at radius 3 is 2.90 bits per heavy atom. The lowest BCUT2D eigenvalue weighted by molar-refractivity contribution is -0.121. The lowest BCUT2D eigenvalue weighted by Gasteiger charge is -2.26. The van der Waals surface area contributed by atoms with E-state index in [1.807, 2.05) is 24.3 Å². The quantitative estimate of drug-likeness (QED) is 0.832. The van der Waals surface area contributed by atoms with Gasteiger partial charge in [0.25, 0.3) is 5.91 Å². The van der Waals surface area contributed by atoms with Gasteiger partial charge in [0.15, 0.2) is 11.5 Å². The molecule has 2 amide bonds. The summed E-state index contributed by atoms with van der Waals surface area (Å²) >= 11 is 0. The zero-order valence-electron chi connectivity index (χ0n) is 11.3. The number of hydrogen-bond acceptors (Lipinski definition) is 5. The minimum absolute atomic E-state index is 0.174. The summed E-state index contributed by atoms with van der Waals surface area (Å²) in [6.07, 6.45) is 0.383. The Balaban J connectivity index is 1.52. The van der Waals surface area contributed by atoms with Gasteiger partial charge in [0.2, 0.25) is 5.91 Å². The summed E-state index contributed by atoms with van der Waals surface area (Å²) in [6.45, 7) is 0.695. The van der Waals surface area contributed by atoms with Gasteiger partial charge in [-0.05, 0) is 12.1 Å². The molecule has 0 aromatic heterocycles. The van der Waals surface area contributed by atoms with Gasteiger partial charge in [-0.2, -0.15) is 5.10 Å². The van der Waals surface area contributed by atoms with Gasteiger partial charge in [0.1, 0.15) is 18.4 Å². The summed E-state index contributed by atoms with van der Waals surface area (Å²) in [5.41, 5.74) is 2.62. The van der Waals surface area contributed by atoms with Crippen LogP contribution in [0.4, 0.5) is 0 Å². The van der Waals surface area contributed by atoms with Crippen molar-refractivity contribution in [1.29, 1.82) is 0 Å². The zero-order chi connectivity index (χ0) is 14.7. The van der Waals surface area contributed by atoms with Gasteiger partial charge < -0.3 is 14.8 Å². The van der Waals surface area contributed by atoms with Crippen LogP contribution < -0.4 is 20.2 Å². The molecule has 1 aromatic carbocycles. The molecule has 1 aromatic rings. The van der Waals surface area contributed by atoms with Crippen LogP contribution in [0.3, 0.4) is 0 Å². The summed E-state index contributed by atoms with van der Waals surface area (Å²) in [5, 5.41) is 6.48. The number of nitrogens with one attached hydrogen (secondary N) is 2. The van der Waals surface area contributed by atoms with E-state index in [0.29, 0.717) is 36.8 Å². The molecule has 0 bridgehead atoms. The summed E-state index contributed by atoms with van der Waals surface area (Å²) < 4.78 is 11.3. The normalized spacial score (nSPS) is 20.3. The van der Waals surface area contributed by atoms with Crippen molar-refractivity contribution in [3.05, 3.63) is 24.3 Å². The molecule has 0 radical (unpaired) electrons. The molecule has 110 valence electrons. The topological polar surface area (TPSA) is 89.0 Å². The van der Waals surface area contributed by atoms with Crippen molar-refractivity contribution >= 4 is 17.5 Å². The fourth-order valence-corrected chi connectivity index (χ4v) is 2.11. The first-order valence-corrected chi connectivity index (χ1v) is 6.74. The third kappa shape index (κ3) is 3.13. The Kier molecular flexibility index (Phi) is 3.72. The Morgan fingerprint density at radius 2 is 2.14 bits per heavy atom. The molecule has 1 atom stereocenters. The molecule has 3 rings (SSSR count). The largest absolute Gasteiger partial charge is 0.486 e. The molecular formula is C14H15N3O4. The molecule has 21 heavy (non-hydrogen) atoms. The Hall–Kier alpha value is -2.57. The number of hydrazone groups is 1. The van der Waals surface area contributed by atoms with Crippen LogP contribution in [0, 0.1) is 0 Å². The summed E-state index contributed by atoms with van der Waals surface area (Å²) in [4.78, 5) is 22.9. The third-order valence-electron chi connectivity index (χ3n) is 3.22. The van der Waals surface area contributed by atoms with Crippen LogP contribution in [-0.2, 0) is 9.59 Å². The summed E-state index contributed by atoms with van der Waals surface area (Å²) in [5.74, 6) is 0.911. The molecule has 1 unspecified atom stereocenters. The maximum atomic E-state index is 11.9. The average molecular weight is 289 g/mol. The first kappa shape index (κ1) is 13.4. The molecular weight excluding hydrogens is 274 g/mol. The Morgan fingerprint density at radius 1 is 1.33 bits per heavy atom. The predicted octanol–water partition coefficient (Wildman–Crippen LogP) is 0.209. The van der Waals surface area contributed by atoms with Crippen molar-refractivity contribution in [3.63, 3.8) is 0 Å². The van der Waals surface area contributed by atoms with Crippen LogP contribution in [0.25, 0.3) is 0 Å². The van der Waals surface area contributed by atoms with E-state index in [1.165, 1.54) is 0 Å². The van der Waals surface area contributed by atoms with E-state index in [4.69, 9.17) is 9.47 Å². The minimum Gasteiger partial charge on any atom is -0.486 e. The molecule has 2 aliphatic heterocycles. The number of rotatable bonds is 3. The van der Waals surface area contributed by atoms with E-state index in [2.05, 4.69) is 15.8 Å². The van der Waals surface area contributed by atoms with Gasteiger partial charge >= 0.3 is 0 Å². The lowest BCUT2D eigenvalue weighted by atomic mass is 10.1. The van der Waals surface area contributed by atoms with Gasteiger partial charge in [-0.15, -0.1) is 0 Å². The second-order valence-electron chi connectivity index (χ2n) is 4.80. The first-order chi connectivity index (χ1) is 10.2. The van der Waals surface area contributed by atoms with E-state index in [1.54, 1.807) is 0 Å². The zero-order valence-corrected chi connectivity index (χ0v) is 11.3. The van der Waals surface area contributed by atoms with Crippen LogP contribution in [0.15, 0.2) is 29.4 Å². The van der Waals surface area contributed by atoms with Crippen LogP contribution in [0.1, 0.15) is 12.8 Å². The molecule has 7 nitrogen and oxygen atoms in total. The smallest absolute Gasteiger partial charge is 0.267 e. The van der Waals surface area contributed by atoms with Crippen LogP contribution >= 0.6 is 0 Å². The highest BCUT2D eigenvalue weighted by Crippen LogP contribution is 2.30. The number of carbonyl (C=O) groups excluding carboxylic acids is 2.